The highest BCUT2D eigenvalue weighted by atomic mass is 35.5. The average molecular weight is 312 g/mol. The van der Waals surface area contributed by atoms with E-state index >= 15 is 0 Å². The molecule has 2 heterocycles. The van der Waals surface area contributed by atoms with Crippen molar-refractivity contribution >= 4 is 57.8 Å². The van der Waals surface area contributed by atoms with E-state index in [0.29, 0.717) is 10.0 Å². The summed E-state index contributed by atoms with van der Waals surface area (Å²) >= 11 is 11.7. The molecule has 0 radical (unpaired) electrons. The van der Waals surface area contributed by atoms with Gasteiger partial charge in [-0.15, -0.1) is 21.5 Å². The van der Waals surface area contributed by atoms with Gasteiger partial charge in [-0.1, -0.05) is 34.7 Å². The zero-order valence-corrected chi connectivity index (χ0v) is 12.0. The molecule has 0 amide bonds. The molecule has 0 unspecified atom stereocenters. The molecule has 9 heteroatoms. The first kappa shape index (κ1) is 12.6. The fraction of sp³-hybridized carbons (Fsp3) is 0.286. The van der Waals surface area contributed by atoms with E-state index in [0.717, 1.165) is 13.0 Å². The first-order valence-electron chi connectivity index (χ1n) is 4.04. The molecule has 2 aromatic rings. The summed E-state index contributed by atoms with van der Waals surface area (Å²) in [5.41, 5.74) is 0. The van der Waals surface area contributed by atoms with Gasteiger partial charge < -0.3 is 5.11 Å². The summed E-state index contributed by atoms with van der Waals surface area (Å²) in [6, 6.07) is 0. The van der Waals surface area contributed by atoms with Crippen LogP contribution in [0.1, 0.15) is 4.88 Å². The van der Waals surface area contributed by atoms with Crippen LogP contribution in [0.2, 0.25) is 5.15 Å². The Morgan fingerprint density at radius 2 is 2.00 bits per heavy atom. The average Bonchev–Trinajstić information content (AvgIpc) is 2.85. The van der Waals surface area contributed by atoms with Gasteiger partial charge in [0, 0.05) is 0 Å². The van der Waals surface area contributed by atoms with Crippen LogP contribution in [0.4, 0.5) is 0 Å². The summed E-state index contributed by atoms with van der Waals surface area (Å²) in [5.74, 6) is 0. The molecule has 0 aliphatic rings. The minimum absolute atomic E-state index is 0.0801. The van der Waals surface area contributed by atoms with Gasteiger partial charge in [-0.3, -0.25) is 0 Å². The third-order valence-corrected chi connectivity index (χ3v) is 5.99. The van der Waals surface area contributed by atoms with Gasteiger partial charge in [0.2, 0.25) is 0 Å². The predicted octanol–water partition coefficient (Wildman–Crippen LogP) is 3.01. The van der Waals surface area contributed by atoms with Gasteiger partial charge >= 0.3 is 0 Å². The minimum Gasteiger partial charge on any atom is -0.391 e. The Morgan fingerprint density at radius 3 is 2.56 bits per heavy atom. The molecule has 0 fully saturated rings. The molecule has 0 bridgehead atoms. The van der Waals surface area contributed by atoms with Crippen molar-refractivity contribution < 1.29 is 5.11 Å². The second-order valence-electron chi connectivity index (χ2n) is 2.49. The van der Waals surface area contributed by atoms with E-state index in [1.54, 1.807) is 11.8 Å². The molecule has 4 nitrogen and oxygen atoms in total. The molecular formula is C7H6ClN3OS4. The number of thiazole rings is 1. The molecule has 1 N–H and O–H groups in total. The van der Waals surface area contributed by atoms with Crippen LogP contribution in [-0.2, 0) is 6.61 Å². The SMILES string of the molecule is CSc1nnc(Sc2nc(Cl)c(CO)s2)s1. The zero-order chi connectivity index (χ0) is 11.5. The normalized spacial score (nSPS) is 10.9. The zero-order valence-electron chi connectivity index (χ0n) is 8.01. The standard InChI is InChI=1S/C7H6ClN3OS4/c1-13-6-10-11-7(16-6)15-5-9-4(8)3(2-12)14-5/h12H,2H2,1H3. The molecule has 0 saturated heterocycles. The van der Waals surface area contributed by atoms with Crippen LogP contribution in [0.15, 0.2) is 13.0 Å². The van der Waals surface area contributed by atoms with Crippen LogP contribution in [0.5, 0.6) is 0 Å². The summed E-state index contributed by atoms with van der Waals surface area (Å²) in [4.78, 5) is 4.81. The molecule has 0 aliphatic heterocycles. The van der Waals surface area contributed by atoms with E-state index in [-0.39, 0.29) is 6.61 Å². The summed E-state index contributed by atoms with van der Waals surface area (Å²) in [7, 11) is 0. The lowest BCUT2D eigenvalue weighted by atomic mass is 10.6. The Morgan fingerprint density at radius 1 is 1.25 bits per heavy atom. The summed E-state index contributed by atoms with van der Waals surface area (Å²) in [6.07, 6.45) is 1.96. The second kappa shape index (κ2) is 5.65. The predicted molar refractivity (Wildman–Crippen MR) is 68.9 cm³/mol. The van der Waals surface area contributed by atoms with Crippen LogP contribution in [0, 0.1) is 0 Å². The van der Waals surface area contributed by atoms with Crippen LogP contribution in [-0.4, -0.2) is 26.5 Å². The lowest BCUT2D eigenvalue weighted by molar-refractivity contribution is 0.285. The molecule has 86 valence electrons. The van der Waals surface area contributed by atoms with Gasteiger partial charge in [-0.05, 0) is 18.0 Å². The van der Waals surface area contributed by atoms with E-state index in [1.165, 1.54) is 34.4 Å². The highest BCUT2D eigenvalue weighted by molar-refractivity contribution is 8.04. The van der Waals surface area contributed by atoms with Crippen LogP contribution >= 0.6 is 57.8 Å². The number of hydrogen-bond acceptors (Lipinski definition) is 8. The first-order chi connectivity index (χ1) is 7.72. The molecule has 16 heavy (non-hydrogen) atoms. The van der Waals surface area contributed by atoms with Gasteiger partial charge in [0.05, 0.1) is 11.5 Å². The maximum absolute atomic E-state index is 8.99. The van der Waals surface area contributed by atoms with E-state index in [2.05, 4.69) is 15.2 Å². The molecule has 0 aliphatic carbocycles. The number of rotatable bonds is 4. The van der Waals surface area contributed by atoms with Crippen molar-refractivity contribution in [3.05, 3.63) is 10.0 Å². The van der Waals surface area contributed by atoms with Crippen molar-refractivity contribution in [2.75, 3.05) is 6.26 Å². The lowest BCUT2D eigenvalue weighted by Crippen LogP contribution is -1.75. The second-order valence-corrected chi connectivity index (χ2v) is 7.46. The number of hydrogen-bond donors (Lipinski definition) is 1. The number of halogens is 1. The van der Waals surface area contributed by atoms with Crippen LogP contribution in [0.25, 0.3) is 0 Å². The molecule has 0 spiro atoms. The fourth-order valence-electron chi connectivity index (χ4n) is 0.850. The van der Waals surface area contributed by atoms with Crippen molar-refractivity contribution in [3.63, 3.8) is 0 Å². The molecular weight excluding hydrogens is 306 g/mol. The number of thioether (sulfide) groups is 1. The number of aliphatic hydroxyl groups is 1. The molecule has 0 aromatic carbocycles. The van der Waals surface area contributed by atoms with E-state index < -0.39 is 0 Å². The highest BCUT2D eigenvalue weighted by Gasteiger charge is 2.12. The number of nitrogens with zero attached hydrogens (tertiary/aromatic N) is 3. The van der Waals surface area contributed by atoms with Crippen molar-refractivity contribution in [2.24, 2.45) is 0 Å². The fourth-order valence-corrected chi connectivity index (χ4v) is 4.79. The number of aromatic nitrogens is 3. The third kappa shape index (κ3) is 2.88. The smallest absolute Gasteiger partial charge is 0.182 e. The third-order valence-electron chi connectivity index (χ3n) is 1.51. The molecule has 2 rings (SSSR count). The summed E-state index contributed by atoms with van der Waals surface area (Å²) in [6.45, 7) is -0.0801. The van der Waals surface area contributed by atoms with E-state index in [4.69, 9.17) is 16.7 Å². The monoisotopic (exact) mass is 311 g/mol. The summed E-state index contributed by atoms with van der Waals surface area (Å²) < 4.78 is 2.53. The quantitative estimate of drug-likeness (QED) is 0.876. The Kier molecular flexibility index (Phi) is 4.45. The number of aliphatic hydroxyl groups excluding tert-OH is 1. The first-order valence-corrected chi connectivity index (χ1v) is 8.09. The van der Waals surface area contributed by atoms with E-state index in [1.807, 2.05) is 6.26 Å². The maximum Gasteiger partial charge on any atom is 0.182 e. The van der Waals surface area contributed by atoms with Gasteiger partial charge in [0.25, 0.3) is 0 Å². The van der Waals surface area contributed by atoms with Crippen LogP contribution in [0.3, 0.4) is 0 Å². The topological polar surface area (TPSA) is 58.9 Å². The largest absolute Gasteiger partial charge is 0.391 e. The van der Waals surface area contributed by atoms with Crippen molar-refractivity contribution in [1.82, 2.24) is 15.2 Å². The van der Waals surface area contributed by atoms with Gasteiger partial charge in [-0.25, -0.2) is 4.98 Å². The van der Waals surface area contributed by atoms with Gasteiger partial charge in [0.1, 0.15) is 5.15 Å². The molecule has 2 aromatic heterocycles. The van der Waals surface area contributed by atoms with Gasteiger partial charge in [-0.2, -0.15) is 0 Å². The molecule has 0 atom stereocenters. The Bertz CT molecular complexity index is 486. The highest BCUT2D eigenvalue weighted by Crippen LogP contribution is 2.37. The Hall–Kier alpha value is 0.140. The van der Waals surface area contributed by atoms with E-state index in [9.17, 15) is 0 Å². The summed E-state index contributed by atoms with van der Waals surface area (Å²) in [5, 5.41) is 17.4. The van der Waals surface area contributed by atoms with Crippen molar-refractivity contribution in [1.29, 1.82) is 0 Å². The minimum atomic E-state index is -0.0801. The van der Waals surface area contributed by atoms with Crippen LogP contribution < -0.4 is 0 Å². The van der Waals surface area contributed by atoms with Gasteiger partial charge in [0.15, 0.2) is 13.0 Å². The van der Waals surface area contributed by atoms with Crippen molar-refractivity contribution in [3.8, 4) is 0 Å². The van der Waals surface area contributed by atoms with Crippen molar-refractivity contribution in [2.45, 2.75) is 19.6 Å². The lowest BCUT2D eigenvalue weighted by Gasteiger charge is -1.86. The Balaban J connectivity index is 2.13. The maximum atomic E-state index is 8.99. The Labute approximate surface area is 113 Å². The molecule has 0 saturated carbocycles.